The molecule has 3 atom stereocenters. The lowest BCUT2D eigenvalue weighted by molar-refractivity contribution is -0.179. The van der Waals surface area contributed by atoms with Gasteiger partial charge in [-0.1, -0.05) is 12.8 Å². The number of anilines is 1. The molecule has 2 N–H and O–H groups in total. The lowest BCUT2D eigenvalue weighted by Gasteiger charge is -2.46. The third-order valence-electron chi connectivity index (χ3n) is 8.16. The first-order valence-corrected chi connectivity index (χ1v) is 12.8. The van der Waals surface area contributed by atoms with Gasteiger partial charge in [-0.2, -0.15) is 13.2 Å². The Balaban J connectivity index is 1.12. The molecule has 7 nitrogen and oxygen atoms in total. The van der Waals surface area contributed by atoms with Crippen molar-refractivity contribution < 1.29 is 22.8 Å². The molecule has 1 aromatic rings. The number of benzene rings is 1. The average Bonchev–Trinajstić information content (AvgIpc) is 2.88. The summed E-state index contributed by atoms with van der Waals surface area (Å²) in [4.78, 5) is 31.6. The first-order chi connectivity index (χ1) is 16.8. The number of piperidine rings is 1. The van der Waals surface area contributed by atoms with Gasteiger partial charge in [0.15, 0.2) is 0 Å². The molecule has 5 rings (SSSR count). The maximum Gasteiger partial charge on any atom is 0.391 e. The Hall–Kier alpha value is -2.33. The molecule has 1 aliphatic carbocycles. The van der Waals surface area contributed by atoms with Gasteiger partial charge in [-0.3, -0.25) is 19.8 Å². The Morgan fingerprint density at radius 1 is 0.886 bits per heavy atom. The quantitative estimate of drug-likeness (QED) is 0.678. The van der Waals surface area contributed by atoms with Crippen LogP contribution in [-0.4, -0.2) is 79.4 Å². The van der Waals surface area contributed by atoms with Crippen LogP contribution in [0, 0.1) is 11.8 Å². The molecule has 3 saturated heterocycles. The van der Waals surface area contributed by atoms with Crippen LogP contribution in [0.3, 0.4) is 0 Å². The van der Waals surface area contributed by atoms with Crippen molar-refractivity contribution in [2.75, 3.05) is 44.2 Å². The van der Waals surface area contributed by atoms with Gasteiger partial charge in [0.25, 0.3) is 5.91 Å². The van der Waals surface area contributed by atoms with Crippen LogP contribution >= 0.6 is 0 Å². The number of carbonyl (C=O) groups is 2. The van der Waals surface area contributed by atoms with Crippen LogP contribution < -0.4 is 15.5 Å². The van der Waals surface area contributed by atoms with Gasteiger partial charge in [0.2, 0.25) is 5.91 Å². The van der Waals surface area contributed by atoms with Gasteiger partial charge in [0.1, 0.15) is 6.29 Å². The monoisotopic (exact) mass is 493 g/mol. The third-order valence-corrected chi connectivity index (χ3v) is 8.16. The molecule has 4 fully saturated rings. The predicted octanol–water partition coefficient (Wildman–Crippen LogP) is 2.78. The second-order valence-electron chi connectivity index (χ2n) is 10.3. The summed E-state index contributed by atoms with van der Waals surface area (Å²) in [7, 11) is 0. The molecule has 1 saturated carbocycles. The molecule has 0 spiro atoms. The number of carbonyl (C=O) groups excluding carboxylic acids is 2. The normalized spacial score (nSPS) is 29.0. The van der Waals surface area contributed by atoms with Crippen molar-refractivity contribution in [1.29, 1.82) is 0 Å². The van der Waals surface area contributed by atoms with Gasteiger partial charge in [-0.25, -0.2) is 0 Å². The van der Waals surface area contributed by atoms with Gasteiger partial charge < -0.3 is 15.1 Å². The molecule has 3 aliphatic heterocycles. The van der Waals surface area contributed by atoms with E-state index in [0.717, 1.165) is 31.4 Å². The molecule has 3 heterocycles. The number of fused-ring (bicyclic) bond motifs is 1. The van der Waals surface area contributed by atoms with E-state index in [1.165, 1.54) is 0 Å². The minimum absolute atomic E-state index is 0.0417. The van der Waals surface area contributed by atoms with Gasteiger partial charge in [0.05, 0.1) is 11.8 Å². The standard InChI is InChI=1S/C25H34F3N5O2/c26-25(27,28)18-9-11-31(12-10-18)19-7-5-17(6-8-19)23(35)32-13-15-33(16-14-32)24-29-21-4-2-1-3-20(21)22(34)30-24/h5-8,18,20-21,24,29H,1-4,9-16H2,(H,30,34). The van der Waals surface area contributed by atoms with Crippen LogP contribution in [0.15, 0.2) is 24.3 Å². The summed E-state index contributed by atoms with van der Waals surface area (Å²) in [5.41, 5.74) is 1.44. The molecular formula is C25H34F3N5O2. The van der Waals surface area contributed by atoms with Crippen LogP contribution in [0.4, 0.5) is 18.9 Å². The zero-order valence-corrected chi connectivity index (χ0v) is 19.9. The van der Waals surface area contributed by atoms with Crippen LogP contribution in [0.2, 0.25) is 0 Å². The SMILES string of the molecule is O=C1NC(N2CCN(C(=O)c3ccc(N4CCC(C(F)(F)F)CC4)cc3)CC2)NC2CCCCC12. The van der Waals surface area contributed by atoms with Crippen molar-refractivity contribution in [3.8, 4) is 0 Å². The number of piperazine rings is 1. The summed E-state index contributed by atoms with van der Waals surface area (Å²) in [5, 5.41) is 6.72. The van der Waals surface area contributed by atoms with E-state index in [1.54, 1.807) is 12.1 Å². The second kappa shape index (κ2) is 9.97. The number of halogens is 3. The van der Waals surface area contributed by atoms with Crippen molar-refractivity contribution in [2.45, 2.75) is 57.0 Å². The highest BCUT2D eigenvalue weighted by atomic mass is 19.4. The number of hydrogen-bond donors (Lipinski definition) is 2. The Kier molecular flexibility index (Phi) is 6.94. The molecule has 35 heavy (non-hydrogen) atoms. The maximum absolute atomic E-state index is 13.0. The van der Waals surface area contributed by atoms with Crippen molar-refractivity contribution in [2.24, 2.45) is 11.8 Å². The number of nitrogens with one attached hydrogen (secondary N) is 2. The summed E-state index contributed by atoms with van der Waals surface area (Å²) in [6.07, 6.45) is 0.147. The molecular weight excluding hydrogens is 459 g/mol. The topological polar surface area (TPSA) is 67.9 Å². The minimum atomic E-state index is -4.12. The summed E-state index contributed by atoms with van der Waals surface area (Å²) in [6.45, 7) is 3.24. The Bertz CT molecular complexity index is 909. The molecule has 4 aliphatic rings. The molecule has 2 amide bonds. The molecule has 10 heteroatoms. The van der Waals surface area contributed by atoms with E-state index in [0.29, 0.717) is 44.8 Å². The molecule has 0 aromatic heterocycles. The number of rotatable bonds is 3. The van der Waals surface area contributed by atoms with E-state index in [9.17, 15) is 22.8 Å². The summed E-state index contributed by atoms with van der Waals surface area (Å²) >= 11 is 0. The van der Waals surface area contributed by atoms with E-state index in [-0.39, 0.29) is 42.9 Å². The number of nitrogens with zero attached hydrogens (tertiary/aromatic N) is 3. The Labute approximate surface area is 204 Å². The van der Waals surface area contributed by atoms with Crippen LogP contribution in [0.1, 0.15) is 48.9 Å². The number of amides is 2. The van der Waals surface area contributed by atoms with Gasteiger partial charge in [-0.15, -0.1) is 0 Å². The highest BCUT2D eigenvalue weighted by molar-refractivity contribution is 5.94. The predicted molar refractivity (Wildman–Crippen MR) is 126 cm³/mol. The molecule has 3 unspecified atom stereocenters. The first kappa shape index (κ1) is 24.4. The lowest BCUT2D eigenvalue weighted by atomic mass is 9.82. The van der Waals surface area contributed by atoms with Gasteiger partial charge in [-0.05, 0) is 49.9 Å². The van der Waals surface area contributed by atoms with E-state index in [2.05, 4.69) is 15.5 Å². The van der Waals surface area contributed by atoms with E-state index >= 15 is 0 Å². The van der Waals surface area contributed by atoms with Crippen LogP contribution in [0.25, 0.3) is 0 Å². The summed E-state index contributed by atoms with van der Waals surface area (Å²) in [6, 6.07) is 7.44. The van der Waals surface area contributed by atoms with Crippen molar-refractivity contribution in [1.82, 2.24) is 20.4 Å². The van der Waals surface area contributed by atoms with Crippen LogP contribution in [-0.2, 0) is 4.79 Å². The number of hydrogen-bond acceptors (Lipinski definition) is 5. The second-order valence-corrected chi connectivity index (χ2v) is 10.3. The smallest absolute Gasteiger partial charge is 0.372 e. The molecule has 192 valence electrons. The number of alkyl halides is 3. The van der Waals surface area contributed by atoms with Crippen molar-refractivity contribution in [3.63, 3.8) is 0 Å². The molecule has 1 aromatic carbocycles. The van der Waals surface area contributed by atoms with Gasteiger partial charge in [0, 0.05) is 56.6 Å². The highest BCUT2D eigenvalue weighted by Crippen LogP contribution is 2.35. The van der Waals surface area contributed by atoms with E-state index in [1.807, 2.05) is 21.9 Å². The largest absolute Gasteiger partial charge is 0.391 e. The van der Waals surface area contributed by atoms with E-state index < -0.39 is 12.1 Å². The third kappa shape index (κ3) is 5.28. The fourth-order valence-electron chi connectivity index (χ4n) is 5.97. The lowest BCUT2D eigenvalue weighted by Crippen LogP contribution is -2.69. The van der Waals surface area contributed by atoms with Crippen molar-refractivity contribution in [3.05, 3.63) is 29.8 Å². The Morgan fingerprint density at radius 3 is 2.20 bits per heavy atom. The zero-order chi connectivity index (χ0) is 24.6. The summed E-state index contributed by atoms with van der Waals surface area (Å²) < 4.78 is 38.8. The van der Waals surface area contributed by atoms with Crippen molar-refractivity contribution >= 4 is 17.5 Å². The average molecular weight is 494 g/mol. The highest BCUT2D eigenvalue weighted by Gasteiger charge is 2.41. The van der Waals surface area contributed by atoms with Gasteiger partial charge >= 0.3 is 6.18 Å². The summed E-state index contributed by atoms with van der Waals surface area (Å²) in [5.74, 6) is -1.05. The van der Waals surface area contributed by atoms with E-state index in [4.69, 9.17) is 0 Å². The maximum atomic E-state index is 13.0. The molecule has 0 radical (unpaired) electrons. The fourth-order valence-corrected chi connectivity index (χ4v) is 5.97. The minimum Gasteiger partial charge on any atom is -0.372 e. The Morgan fingerprint density at radius 2 is 1.54 bits per heavy atom. The molecule has 0 bridgehead atoms. The van der Waals surface area contributed by atoms with Crippen LogP contribution in [0.5, 0.6) is 0 Å². The fraction of sp³-hybridized carbons (Fsp3) is 0.680. The zero-order valence-electron chi connectivity index (χ0n) is 19.9. The first-order valence-electron chi connectivity index (χ1n) is 12.8.